The Morgan fingerprint density at radius 3 is 3.00 bits per heavy atom. The smallest absolute Gasteiger partial charge is 0.152 e. The van der Waals surface area contributed by atoms with Crippen molar-refractivity contribution in [3.05, 3.63) is 30.2 Å². The van der Waals surface area contributed by atoms with Crippen LogP contribution >= 0.6 is 0 Å². The molecule has 0 bridgehead atoms. The summed E-state index contributed by atoms with van der Waals surface area (Å²) in [6.07, 6.45) is 0.907. The van der Waals surface area contributed by atoms with Gasteiger partial charge in [0.25, 0.3) is 0 Å². The number of aromatic nitrogens is 1. The zero-order valence-electron chi connectivity index (χ0n) is 7.84. The molecule has 3 N–H and O–H groups in total. The van der Waals surface area contributed by atoms with Gasteiger partial charge in [-0.2, -0.15) is 0 Å². The lowest BCUT2D eigenvalue weighted by atomic mass is 10.1. The molecule has 0 aliphatic rings. The van der Waals surface area contributed by atoms with E-state index >= 15 is 0 Å². The van der Waals surface area contributed by atoms with Gasteiger partial charge >= 0.3 is 0 Å². The molecule has 0 fully saturated rings. The zero-order valence-corrected chi connectivity index (χ0v) is 7.84. The van der Waals surface area contributed by atoms with Crippen molar-refractivity contribution in [2.75, 3.05) is 0 Å². The molecule has 2 aromatic heterocycles. The van der Waals surface area contributed by atoms with E-state index in [2.05, 4.69) is 4.98 Å². The molecule has 74 valence electrons. The molecule has 0 aromatic carbocycles. The number of pyridine rings is 1. The van der Waals surface area contributed by atoms with Crippen LogP contribution in [0.4, 0.5) is 0 Å². The summed E-state index contributed by atoms with van der Waals surface area (Å²) in [5.41, 5.74) is 6.97. The van der Waals surface area contributed by atoms with E-state index in [1.807, 2.05) is 0 Å². The summed E-state index contributed by atoms with van der Waals surface area (Å²) in [5.74, 6) is 0.466. The highest BCUT2D eigenvalue weighted by molar-refractivity contribution is 5.72. The van der Waals surface area contributed by atoms with Gasteiger partial charge < -0.3 is 15.3 Å². The molecule has 0 spiro atoms. The van der Waals surface area contributed by atoms with Gasteiger partial charge in [-0.15, -0.1) is 0 Å². The van der Waals surface area contributed by atoms with E-state index in [0.29, 0.717) is 11.3 Å². The topological polar surface area (TPSA) is 72.3 Å². The second kappa shape index (κ2) is 3.40. The van der Waals surface area contributed by atoms with Crippen LogP contribution in [0, 0.1) is 0 Å². The molecular weight excluding hydrogens is 180 g/mol. The van der Waals surface area contributed by atoms with Gasteiger partial charge in [0.15, 0.2) is 5.58 Å². The van der Waals surface area contributed by atoms with E-state index in [4.69, 9.17) is 10.2 Å². The number of nitrogens with zero attached hydrogens (tertiary/aromatic N) is 1. The largest absolute Gasteiger partial charge is 0.457 e. The molecule has 0 aliphatic heterocycles. The Balaban J connectivity index is 2.45. The molecule has 0 amide bonds. The van der Waals surface area contributed by atoms with Crippen molar-refractivity contribution in [2.45, 2.75) is 19.1 Å². The van der Waals surface area contributed by atoms with Crippen LogP contribution in [0.3, 0.4) is 0 Å². The van der Waals surface area contributed by atoms with Crippen molar-refractivity contribution in [1.29, 1.82) is 0 Å². The SMILES string of the molecule is CC(N)C(O)c1cc2ncccc2o1. The average Bonchev–Trinajstić information content (AvgIpc) is 2.59. The number of aliphatic hydroxyl groups excluding tert-OH is 1. The molecule has 0 saturated heterocycles. The van der Waals surface area contributed by atoms with E-state index in [1.54, 1.807) is 31.3 Å². The van der Waals surface area contributed by atoms with Gasteiger partial charge in [-0.05, 0) is 19.1 Å². The Morgan fingerprint density at radius 2 is 2.36 bits per heavy atom. The Hall–Kier alpha value is -1.39. The van der Waals surface area contributed by atoms with E-state index in [1.165, 1.54) is 0 Å². The Bertz CT molecular complexity index is 403. The number of hydrogen-bond acceptors (Lipinski definition) is 4. The van der Waals surface area contributed by atoms with Gasteiger partial charge in [-0.25, -0.2) is 0 Å². The van der Waals surface area contributed by atoms with Gasteiger partial charge in [0, 0.05) is 18.3 Å². The molecule has 2 heterocycles. The summed E-state index contributed by atoms with van der Waals surface area (Å²) >= 11 is 0. The Labute approximate surface area is 81.4 Å². The quantitative estimate of drug-likeness (QED) is 0.750. The standard InChI is InChI=1S/C10H12N2O2/c1-6(11)10(13)9-5-7-8(14-9)3-2-4-12-7/h2-6,10,13H,11H2,1H3. The second-order valence-corrected chi connectivity index (χ2v) is 3.34. The first kappa shape index (κ1) is 9.18. The molecule has 0 radical (unpaired) electrons. The summed E-state index contributed by atoms with van der Waals surface area (Å²) < 4.78 is 5.40. The van der Waals surface area contributed by atoms with Gasteiger partial charge in [0.05, 0.1) is 0 Å². The van der Waals surface area contributed by atoms with E-state index in [0.717, 1.165) is 5.52 Å². The lowest BCUT2D eigenvalue weighted by molar-refractivity contribution is 0.129. The first-order chi connectivity index (χ1) is 6.68. The maximum Gasteiger partial charge on any atom is 0.152 e. The average molecular weight is 192 g/mol. The molecule has 4 nitrogen and oxygen atoms in total. The third-order valence-corrected chi connectivity index (χ3v) is 2.10. The first-order valence-electron chi connectivity index (χ1n) is 4.46. The molecule has 14 heavy (non-hydrogen) atoms. The highest BCUT2D eigenvalue weighted by Gasteiger charge is 2.17. The number of nitrogens with two attached hydrogens (primary N) is 1. The fraction of sp³-hybridized carbons (Fsp3) is 0.300. The minimum atomic E-state index is -0.774. The molecule has 2 aromatic rings. The molecule has 0 saturated carbocycles. The predicted octanol–water partition coefficient (Wildman–Crippen LogP) is 1.21. The maximum absolute atomic E-state index is 9.65. The van der Waals surface area contributed by atoms with Crippen LogP contribution < -0.4 is 5.73 Å². The number of furan rings is 1. The molecule has 4 heteroatoms. The van der Waals surface area contributed by atoms with Crippen molar-refractivity contribution in [1.82, 2.24) is 4.98 Å². The van der Waals surface area contributed by atoms with Crippen LogP contribution in [-0.4, -0.2) is 16.1 Å². The summed E-state index contributed by atoms with van der Waals surface area (Å²) in [6, 6.07) is 4.95. The monoisotopic (exact) mass is 192 g/mol. The van der Waals surface area contributed by atoms with Crippen LogP contribution in [0.15, 0.2) is 28.8 Å². The van der Waals surface area contributed by atoms with Crippen LogP contribution in [0.5, 0.6) is 0 Å². The van der Waals surface area contributed by atoms with Crippen molar-refractivity contribution in [2.24, 2.45) is 5.73 Å². The normalized spacial score (nSPS) is 15.6. The molecule has 2 atom stereocenters. The predicted molar refractivity (Wildman–Crippen MR) is 52.6 cm³/mol. The van der Waals surface area contributed by atoms with Crippen LogP contribution in [0.1, 0.15) is 18.8 Å². The number of rotatable bonds is 2. The number of aliphatic hydroxyl groups is 1. The van der Waals surface area contributed by atoms with Crippen LogP contribution in [0.2, 0.25) is 0 Å². The van der Waals surface area contributed by atoms with E-state index in [9.17, 15) is 5.11 Å². The minimum absolute atomic E-state index is 0.351. The van der Waals surface area contributed by atoms with Crippen molar-refractivity contribution in [3.8, 4) is 0 Å². The summed E-state index contributed by atoms with van der Waals surface area (Å²) in [7, 11) is 0. The summed E-state index contributed by atoms with van der Waals surface area (Å²) in [5, 5.41) is 9.65. The van der Waals surface area contributed by atoms with Gasteiger partial charge in [-0.3, -0.25) is 4.98 Å². The third-order valence-electron chi connectivity index (χ3n) is 2.10. The Kier molecular flexibility index (Phi) is 2.23. The lowest BCUT2D eigenvalue weighted by Gasteiger charge is -2.10. The lowest BCUT2D eigenvalue weighted by Crippen LogP contribution is -2.23. The molecule has 0 aliphatic carbocycles. The van der Waals surface area contributed by atoms with Crippen molar-refractivity contribution in [3.63, 3.8) is 0 Å². The first-order valence-corrected chi connectivity index (χ1v) is 4.46. The summed E-state index contributed by atoms with van der Waals surface area (Å²) in [6.45, 7) is 1.73. The van der Waals surface area contributed by atoms with Crippen LogP contribution in [0.25, 0.3) is 11.1 Å². The fourth-order valence-corrected chi connectivity index (χ4v) is 1.29. The fourth-order valence-electron chi connectivity index (χ4n) is 1.29. The third kappa shape index (κ3) is 1.49. The van der Waals surface area contributed by atoms with Crippen molar-refractivity contribution >= 4 is 11.1 Å². The molecule has 2 rings (SSSR count). The zero-order chi connectivity index (χ0) is 10.1. The van der Waals surface area contributed by atoms with Crippen LogP contribution in [-0.2, 0) is 0 Å². The van der Waals surface area contributed by atoms with E-state index in [-0.39, 0.29) is 6.04 Å². The van der Waals surface area contributed by atoms with Gasteiger partial charge in [0.1, 0.15) is 17.4 Å². The molecular formula is C10H12N2O2. The van der Waals surface area contributed by atoms with E-state index < -0.39 is 6.10 Å². The number of hydrogen-bond donors (Lipinski definition) is 2. The number of fused-ring (bicyclic) bond motifs is 1. The maximum atomic E-state index is 9.65. The Morgan fingerprint density at radius 1 is 1.57 bits per heavy atom. The highest BCUT2D eigenvalue weighted by Crippen LogP contribution is 2.23. The van der Waals surface area contributed by atoms with Gasteiger partial charge in [-0.1, -0.05) is 0 Å². The summed E-state index contributed by atoms with van der Waals surface area (Å²) in [4.78, 5) is 4.10. The molecule has 2 unspecified atom stereocenters. The van der Waals surface area contributed by atoms with Gasteiger partial charge in [0.2, 0.25) is 0 Å². The van der Waals surface area contributed by atoms with Crippen molar-refractivity contribution < 1.29 is 9.52 Å². The highest BCUT2D eigenvalue weighted by atomic mass is 16.4. The second-order valence-electron chi connectivity index (χ2n) is 3.34. The minimum Gasteiger partial charge on any atom is -0.457 e.